The third-order valence-corrected chi connectivity index (χ3v) is 4.08. The molecule has 0 aliphatic carbocycles. The first-order valence-electron chi connectivity index (χ1n) is 7.74. The molecule has 0 unspecified atom stereocenters. The highest BCUT2D eigenvalue weighted by Crippen LogP contribution is 2.22. The number of aromatic nitrogens is 3. The van der Waals surface area contributed by atoms with E-state index in [1.54, 1.807) is 10.6 Å². The Morgan fingerprint density at radius 2 is 1.76 bits per heavy atom. The predicted molar refractivity (Wildman–Crippen MR) is 92.5 cm³/mol. The first-order valence-corrected chi connectivity index (χ1v) is 7.74. The van der Waals surface area contributed by atoms with Crippen LogP contribution in [0.1, 0.15) is 16.5 Å². The Balaban J connectivity index is 1.91. The lowest BCUT2D eigenvalue weighted by molar-refractivity contribution is 0.0950. The minimum absolute atomic E-state index is 0.0596. The van der Waals surface area contributed by atoms with Gasteiger partial charge < -0.3 is 9.84 Å². The van der Waals surface area contributed by atoms with E-state index >= 15 is 0 Å². The van der Waals surface area contributed by atoms with Crippen LogP contribution in [0.4, 0.5) is 0 Å². The highest BCUT2D eigenvalue weighted by Gasteiger charge is 2.16. The molecule has 124 valence electrons. The van der Waals surface area contributed by atoms with Crippen molar-refractivity contribution in [2.75, 3.05) is 7.05 Å². The molecule has 2 aromatic carbocycles. The first-order chi connectivity index (χ1) is 12.2. The zero-order valence-electron chi connectivity index (χ0n) is 13.4. The first kappa shape index (κ1) is 15.1. The molecule has 0 saturated carbocycles. The highest BCUT2D eigenvalue weighted by atomic mass is 16.5. The van der Waals surface area contributed by atoms with E-state index in [1.807, 2.05) is 42.5 Å². The average molecular weight is 334 g/mol. The van der Waals surface area contributed by atoms with Crippen molar-refractivity contribution in [1.82, 2.24) is 20.0 Å². The summed E-state index contributed by atoms with van der Waals surface area (Å²) in [7, 11) is 1.49. The number of hydrogen-bond acceptors (Lipinski definition) is 5. The third kappa shape index (κ3) is 2.46. The molecule has 1 N–H and O–H groups in total. The van der Waals surface area contributed by atoms with Crippen molar-refractivity contribution in [3.8, 4) is 0 Å². The van der Waals surface area contributed by atoms with E-state index in [4.69, 9.17) is 4.52 Å². The molecule has 1 amide bonds. The zero-order chi connectivity index (χ0) is 17.4. The van der Waals surface area contributed by atoms with Gasteiger partial charge in [0.05, 0.1) is 5.52 Å². The number of amides is 1. The van der Waals surface area contributed by atoms with Gasteiger partial charge in [-0.05, 0) is 17.5 Å². The van der Waals surface area contributed by atoms with Crippen molar-refractivity contribution in [3.63, 3.8) is 0 Å². The summed E-state index contributed by atoms with van der Waals surface area (Å²) in [5, 5.41) is 8.55. The van der Waals surface area contributed by atoms with Crippen molar-refractivity contribution in [2.24, 2.45) is 0 Å². The van der Waals surface area contributed by atoms with Crippen molar-refractivity contribution < 1.29 is 9.32 Å². The van der Waals surface area contributed by atoms with Gasteiger partial charge in [-0.1, -0.05) is 41.6 Å². The smallest absolute Gasteiger partial charge is 0.292 e. The van der Waals surface area contributed by atoms with Gasteiger partial charge in [0.25, 0.3) is 17.3 Å². The van der Waals surface area contributed by atoms with Crippen LogP contribution in [0.3, 0.4) is 0 Å². The van der Waals surface area contributed by atoms with Gasteiger partial charge in [-0.15, -0.1) is 0 Å². The van der Waals surface area contributed by atoms with Gasteiger partial charge >= 0.3 is 0 Å². The number of benzene rings is 2. The fourth-order valence-corrected chi connectivity index (χ4v) is 2.91. The molecule has 4 aromatic rings. The second kappa shape index (κ2) is 5.86. The molecule has 0 aliphatic rings. The van der Waals surface area contributed by atoms with Crippen LogP contribution in [-0.4, -0.2) is 27.7 Å². The number of nitrogens with zero attached hydrogens (tertiary/aromatic N) is 3. The number of fused-ring (bicyclic) bond motifs is 3. The number of nitrogens with one attached hydrogen (secondary N) is 1. The molecule has 7 nitrogen and oxygen atoms in total. The molecule has 0 fully saturated rings. The predicted octanol–water partition coefficient (Wildman–Crippen LogP) is 1.95. The SMILES string of the molecule is CNC(=O)c1noc(Cn2c(=O)c3ccccc3c3ccccc32)n1. The van der Waals surface area contributed by atoms with E-state index in [0.29, 0.717) is 5.39 Å². The molecular formula is C18H14N4O3. The van der Waals surface area contributed by atoms with E-state index in [-0.39, 0.29) is 23.8 Å². The number of pyridine rings is 1. The number of carbonyl (C=O) groups is 1. The maximum atomic E-state index is 12.9. The lowest BCUT2D eigenvalue weighted by Crippen LogP contribution is -2.22. The molecular weight excluding hydrogens is 320 g/mol. The molecule has 0 radical (unpaired) electrons. The molecule has 0 bridgehead atoms. The lowest BCUT2D eigenvalue weighted by atomic mass is 10.1. The Morgan fingerprint density at radius 3 is 2.52 bits per heavy atom. The van der Waals surface area contributed by atoms with Gasteiger partial charge in [0.1, 0.15) is 6.54 Å². The number of para-hydroxylation sites is 1. The van der Waals surface area contributed by atoms with E-state index < -0.39 is 5.91 Å². The van der Waals surface area contributed by atoms with Crippen molar-refractivity contribution in [1.29, 1.82) is 0 Å². The quantitative estimate of drug-likeness (QED) is 0.578. The zero-order valence-corrected chi connectivity index (χ0v) is 13.4. The second-order valence-electron chi connectivity index (χ2n) is 5.54. The van der Waals surface area contributed by atoms with Gasteiger partial charge in [-0.3, -0.25) is 14.2 Å². The number of hydrogen-bond donors (Lipinski definition) is 1. The Hall–Kier alpha value is -3.48. The third-order valence-electron chi connectivity index (χ3n) is 4.08. The monoisotopic (exact) mass is 334 g/mol. The molecule has 2 heterocycles. The van der Waals surface area contributed by atoms with Gasteiger partial charge in [0, 0.05) is 17.8 Å². The summed E-state index contributed by atoms with van der Waals surface area (Å²) >= 11 is 0. The molecule has 0 atom stereocenters. The molecule has 7 heteroatoms. The van der Waals surface area contributed by atoms with Crippen molar-refractivity contribution in [3.05, 3.63) is 70.6 Å². The Labute approximate surface area is 141 Å². The van der Waals surface area contributed by atoms with Crippen LogP contribution < -0.4 is 10.9 Å². The summed E-state index contributed by atoms with van der Waals surface area (Å²) in [6.07, 6.45) is 0. The minimum Gasteiger partial charge on any atom is -0.352 e. The Morgan fingerprint density at radius 1 is 1.08 bits per heavy atom. The van der Waals surface area contributed by atoms with Crippen LogP contribution in [0.5, 0.6) is 0 Å². The molecule has 2 aromatic heterocycles. The Bertz CT molecular complexity index is 1160. The second-order valence-corrected chi connectivity index (χ2v) is 5.54. The maximum absolute atomic E-state index is 12.9. The van der Waals surface area contributed by atoms with Crippen LogP contribution in [0.25, 0.3) is 21.7 Å². The fourth-order valence-electron chi connectivity index (χ4n) is 2.91. The summed E-state index contributed by atoms with van der Waals surface area (Å²) < 4.78 is 6.71. The lowest BCUT2D eigenvalue weighted by Gasteiger charge is -2.11. The molecule has 0 aliphatic heterocycles. The largest absolute Gasteiger partial charge is 0.352 e. The van der Waals surface area contributed by atoms with Gasteiger partial charge in [-0.25, -0.2) is 0 Å². The standard InChI is InChI=1S/C18H14N4O3/c1-19-17(23)16-20-15(25-21-16)10-22-14-9-5-4-7-12(14)11-6-2-3-8-13(11)18(22)24/h2-9H,10H2,1H3,(H,19,23). The Kier molecular flexibility index (Phi) is 3.53. The summed E-state index contributed by atoms with van der Waals surface area (Å²) in [6.45, 7) is 0.0914. The minimum atomic E-state index is -0.439. The number of carbonyl (C=O) groups excluding carboxylic acids is 1. The van der Waals surface area contributed by atoms with Crippen molar-refractivity contribution >= 4 is 27.6 Å². The summed E-state index contributed by atoms with van der Waals surface area (Å²) in [4.78, 5) is 28.6. The van der Waals surface area contributed by atoms with Gasteiger partial charge in [0.15, 0.2) is 0 Å². The molecule has 0 spiro atoms. The average Bonchev–Trinajstić information content (AvgIpc) is 3.13. The summed E-state index contributed by atoms with van der Waals surface area (Å²) in [5.41, 5.74) is 0.625. The van der Waals surface area contributed by atoms with E-state index in [2.05, 4.69) is 15.5 Å². The topological polar surface area (TPSA) is 90.0 Å². The molecule has 4 rings (SSSR count). The van der Waals surface area contributed by atoms with Crippen LogP contribution in [0.15, 0.2) is 57.8 Å². The molecule has 0 saturated heterocycles. The van der Waals surface area contributed by atoms with Crippen molar-refractivity contribution in [2.45, 2.75) is 6.54 Å². The molecule has 25 heavy (non-hydrogen) atoms. The fraction of sp³-hybridized carbons (Fsp3) is 0.111. The summed E-state index contributed by atoms with van der Waals surface area (Å²) in [5.74, 6) is -0.303. The van der Waals surface area contributed by atoms with Crippen LogP contribution in [-0.2, 0) is 6.54 Å². The van der Waals surface area contributed by atoms with Gasteiger partial charge in [0.2, 0.25) is 5.89 Å². The maximum Gasteiger partial charge on any atom is 0.292 e. The van der Waals surface area contributed by atoms with Gasteiger partial charge in [-0.2, -0.15) is 4.98 Å². The normalized spacial score (nSPS) is 11.1. The summed E-state index contributed by atoms with van der Waals surface area (Å²) in [6, 6.07) is 15.1. The highest BCUT2D eigenvalue weighted by molar-refractivity contribution is 6.05. The van der Waals surface area contributed by atoms with E-state index in [0.717, 1.165) is 16.3 Å². The van der Waals surface area contributed by atoms with E-state index in [9.17, 15) is 9.59 Å². The van der Waals surface area contributed by atoms with Crippen LogP contribution in [0, 0.1) is 0 Å². The number of rotatable bonds is 3. The van der Waals surface area contributed by atoms with E-state index in [1.165, 1.54) is 7.05 Å². The van der Waals surface area contributed by atoms with Crippen LogP contribution in [0.2, 0.25) is 0 Å². The van der Waals surface area contributed by atoms with Crippen LogP contribution >= 0.6 is 0 Å².